The largest absolute Gasteiger partial charge is 0.480 e. The zero-order valence-corrected chi connectivity index (χ0v) is 14.0. The number of hydrogen-bond acceptors (Lipinski definition) is 4. The fourth-order valence-electron chi connectivity index (χ4n) is 2.47. The van der Waals surface area contributed by atoms with Gasteiger partial charge in [0.1, 0.15) is 0 Å². The van der Waals surface area contributed by atoms with Gasteiger partial charge < -0.3 is 10.1 Å². The predicted molar refractivity (Wildman–Crippen MR) is 96.5 cm³/mol. The van der Waals surface area contributed by atoms with Crippen LogP contribution < -0.4 is 10.1 Å². The van der Waals surface area contributed by atoms with Gasteiger partial charge in [-0.2, -0.15) is 0 Å². The minimum absolute atomic E-state index is 0.0979. The number of ether oxygens (including phenoxy) is 1. The fourth-order valence-corrected chi connectivity index (χ4v) is 2.47. The lowest BCUT2D eigenvalue weighted by Gasteiger charge is -2.07. The molecule has 25 heavy (non-hydrogen) atoms. The van der Waals surface area contributed by atoms with E-state index in [1.165, 1.54) is 5.56 Å². The maximum atomic E-state index is 12.4. The average Bonchev–Trinajstić information content (AvgIpc) is 2.69. The topological polar surface area (TPSA) is 64.1 Å². The Morgan fingerprint density at radius 3 is 2.56 bits per heavy atom. The summed E-state index contributed by atoms with van der Waals surface area (Å²) in [7, 11) is 1.55. The first-order valence-corrected chi connectivity index (χ1v) is 8.06. The van der Waals surface area contributed by atoms with Crippen molar-refractivity contribution in [3.8, 4) is 17.1 Å². The van der Waals surface area contributed by atoms with Gasteiger partial charge in [-0.05, 0) is 30.2 Å². The first-order valence-electron chi connectivity index (χ1n) is 8.06. The van der Waals surface area contributed by atoms with E-state index in [1.54, 1.807) is 19.2 Å². The van der Waals surface area contributed by atoms with Crippen LogP contribution in [0.5, 0.6) is 5.88 Å². The minimum Gasteiger partial charge on any atom is -0.480 e. The number of hydrogen-bond donors (Lipinski definition) is 1. The van der Waals surface area contributed by atoms with Gasteiger partial charge in [-0.25, -0.2) is 0 Å². The maximum Gasteiger partial charge on any atom is 0.251 e. The summed E-state index contributed by atoms with van der Waals surface area (Å²) in [6, 6.07) is 21.0. The molecule has 3 aromatic rings. The van der Waals surface area contributed by atoms with Gasteiger partial charge in [0.25, 0.3) is 5.91 Å². The number of rotatable bonds is 6. The van der Waals surface area contributed by atoms with Crippen LogP contribution in [0.25, 0.3) is 11.3 Å². The van der Waals surface area contributed by atoms with E-state index in [1.807, 2.05) is 42.5 Å². The van der Waals surface area contributed by atoms with Gasteiger partial charge in [-0.15, -0.1) is 10.2 Å². The summed E-state index contributed by atoms with van der Waals surface area (Å²) < 4.78 is 5.01. The molecule has 0 unspecified atom stereocenters. The molecular weight excluding hydrogens is 314 g/mol. The van der Waals surface area contributed by atoms with Crippen molar-refractivity contribution in [1.29, 1.82) is 0 Å². The molecule has 0 aliphatic rings. The second kappa shape index (κ2) is 8.06. The average molecular weight is 333 g/mol. The molecule has 0 atom stereocenters. The van der Waals surface area contributed by atoms with Crippen molar-refractivity contribution in [3.63, 3.8) is 0 Å². The lowest BCUT2D eigenvalue weighted by atomic mass is 10.1. The molecule has 0 fully saturated rings. The van der Waals surface area contributed by atoms with Gasteiger partial charge in [0.15, 0.2) is 0 Å². The van der Waals surface area contributed by atoms with Crippen molar-refractivity contribution in [3.05, 3.63) is 77.9 Å². The molecule has 3 rings (SSSR count). The van der Waals surface area contributed by atoms with E-state index < -0.39 is 0 Å². The van der Waals surface area contributed by atoms with Crippen molar-refractivity contribution in [2.75, 3.05) is 13.7 Å². The Hall–Kier alpha value is -3.21. The minimum atomic E-state index is -0.0979. The summed E-state index contributed by atoms with van der Waals surface area (Å²) in [4.78, 5) is 12.4. The first-order chi connectivity index (χ1) is 12.3. The molecule has 2 aromatic carbocycles. The van der Waals surface area contributed by atoms with Gasteiger partial charge >= 0.3 is 0 Å². The Morgan fingerprint density at radius 1 is 1.00 bits per heavy atom. The summed E-state index contributed by atoms with van der Waals surface area (Å²) in [5.41, 5.74) is 3.33. The highest BCUT2D eigenvalue weighted by Gasteiger charge is 2.08. The van der Waals surface area contributed by atoms with Crippen molar-refractivity contribution in [2.45, 2.75) is 6.42 Å². The molecule has 0 bridgehead atoms. The third-order valence-electron chi connectivity index (χ3n) is 3.81. The van der Waals surface area contributed by atoms with Crippen LogP contribution in [0.4, 0.5) is 0 Å². The summed E-state index contributed by atoms with van der Waals surface area (Å²) >= 11 is 0. The highest BCUT2D eigenvalue weighted by Crippen LogP contribution is 2.19. The van der Waals surface area contributed by atoms with Crippen molar-refractivity contribution >= 4 is 5.91 Å². The van der Waals surface area contributed by atoms with Gasteiger partial charge in [-0.3, -0.25) is 4.79 Å². The van der Waals surface area contributed by atoms with E-state index in [-0.39, 0.29) is 5.91 Å². The SMILES string of the molecule is COc1ccc(-c2cccc(C(=O)NCCc3ccccc3)c2)nn1. The van der Waals surface area contributed by atoms with E-state index >= 15 is 0 Å². The van der Waals surface area contributed by atoms with Crippen molar-refractivity contribution in [1.82, 2.24) is 15.5 Å². The molecule has 0 saturated carbocycles. The Bertz CT molecular complexity index is 833. The number of amides is 1. The van der Waals surface area contributed by atoms with E-state index in [0.29, 0.717) is 23.7 Å². The molecule has 0 spiro atoms. The van der Waals surface area contributed by atoms with E-state index in [2.05, 4.69) is 27.6 Å². The second-order valence-corrected chi connectivity index (χ2v) is 5.53. The van der Waals surface area contributed by atoms with E-state index in [0.717, 1.165) is 12.0 Å². The third kappa shape index (κ3) is 4.41. The van der Waals surface area contributed by atoms with Gasteiger partial charge in [0, 0.05) is 23.7 Å². The molecular formula is C20H19N3O2. The monoisotopic (exact) mass is 333 g/mol. The molecule has 5 nitrogen and oxygen atoms in total. The zero-order valence-electron chi connectivity index (χ0n) is 14.0. The van der Waals surface area contributed by atoms with Crippen LogP contribution in [0.2, 0.25) is 0 Å². The van der Waals surface area contributed by atoms with Crippen molar-refractivity contribution in [2.24, 2.45) is 0 Å². The van der Waals surface area contributed by atoms with Crippen LogP contribution in [0.15, 0.2) is 66.7 Å². The number of aromatic nitrogens is 2. The molecule has 126 valence electrons. The number of nitrogens with one attached hydrogen (secondary N) is 1. The highest BCUT2D eigenvalue weighted by atomic mass is 16.5. The summed E-state index contributed by atoms with van der Waals surface area (Å²) in [5, 5.41) is 11.0. The number of carbonyl (C=O) groups is 1. The van der Waals surface area contributed by atoms with Gasteiger partial charge in [0.2, 0.25) is 5.88 Å². The normalized spacial score (nSPS) is 10.3. The van der Waals surface area contributed by atoms with Crippen LogP contribution >= 0.6 is 0 Å². The van der Waals surface area contributed by atoms with Crippen LogP contribution in [-0.2, 0) is 6.42 Å². The van der Waals surface area contributed by atoms with Gasteiger partial charge in [0.05, 0.1) is 12.8 Å². The standard InChI is InChI=1S/C20H19N3O2/c1-25-19-11-10-18(22-23-19)16-8-5-9-17(14-16)20(24)21-13-12-15-6-3-2-4-7-15/h2-11,14H,12-13H2,1H3,(H,21,24). The molecule has 1 heterocycles. The number of methoxy groups -OCH3 is 1. The smallest absolute Gasteiger partial charge is 0.251 e. The number of nitrogens with zero attached hydrogens (tertiary/aromatic N) is 2. The first kappa shape index (κ1) is 16.6. The summed E-state index contributed by atoms with van der Waals surface area (Å²) in [6.45, 7) is 0.593. The lowest BCUT2D eigenvalue weighted by molar-refractivity contribution is 0.0954. The Kier molecular flexibility index (Phi) is 5.36. The van der Waals surface area contributed by atoms with Gasteiger partial charge in [-0.1, -0.05) is 42.5 Å². The van der Waals surface area contributed by atoms with Crippen molar-refractivity contribution < 1.29 is 9.53 Å². The quantitative estimate of drug-likeness (QED) is 0.753. The van der Waals surface area contributed by atoms with Crippen LogP contribution in [0.3, 0.4) is 0 Å². The van der Waals surface area contributed by atoms with E-state index in [9.17, 15) is 4.79 Å². The molecule has 1 N–H and O–H groups in total. The highest BCUT2D eigenvalue weighted by molar-refractivity contribution is 5.95. The molecule has 5 heteroatoms. The lowest BCUT2D eigenvalue weighted by Crippen LogP contribution is -2.25. The Balaban J connectivity index is 1.64. The molecule has 0 saturated heterocycles. The third-order valence-corrected chi connectivity index (χ3v) is 3.81. The Labute approximate surface area is 146 Å². The molecule has 1 amide bonds. The second-order valence-electron chi connectivity index (χ2n) is 5.53. The summed E-state index contributed by atoms with van der Waals surface area (Å²) in [5.74, 6) is 0.359. The fraction of sp³-hybridized carbons (Fsp3) is 0.150. The number of carbonyl (C=O) groups excluding carboxylic acids is 1. The van der Waals surface area contributed by atoms with E-state index in [4.69, 9.17) is 4.74 Å². The maximum absolute atomic E-state index is 12.4. The molecule has 0 radical (unpaired) electrons. The van der Waals surface area contributed by atoms with Crippen LogP contribution in [0.1, 0.15) is 15.9 Å². The molecule has 0 aliphatic heterocycles. The zero-order chi connectivity index (χ0) is 17.5. The molecule has 1 aromatic heterocycles. The molecule has 0 aliphatic carbocycles. The van der Waals surface area contributed by atoms with Crippen LogP contribution in [0, 0.1) is 0 Å². The van der Waals surface area contributed by atoms with Crippen LogP contribution in [-0.4, -0.2) is 29.8 Å². The Morgan fingerprint density at radius 2 is 1.84 bits per heavy atom. The predicted octanol–water partition coefficient (Wildman–Crippen LogP) is 3.12. The number of benzene rings is 2. The summed E-state index contributed by atoms with van der Waals surface area (Å²) in [6.07, 6.45) is 0.802.